The van der Waals surface area contributed by atoms with Gasteiger partial charge in [0.2, 0.25) is 10.0 Å². The fourth-order valence-corrected chi connectivity index (χ4v) is 5.66. The Morgan fingerprint density at radius 2 is 2.00 bits per heavy atom. The lowest BCUT2D eigenvalue weighted by Gasteiger charge is -2.28. The van der Waals surface area contributed by atoms with Gasteiger partial charge >= 0.3 is 0 Å². The SMILES string of the molecule is COc1ccc(Br)cc1S(=O)(=O)N(Cc1ccc(C)cc1)[C@@H]1CCN(C#N)C1. The first kappa shape index (κ1) is 20.6. The van der Waals surface area contributed by atoms with Crippen molar-refractivity contribution in [3.05, 3.63) is 58.1 Å². The monoisotopic (exact) mass is 463 g/mol. The minimum atomic E-state index is -3.85. The van der Waals surface area contributed by atoms with Gasteiger partial charge in [0.25, 0.3) is 0 Å². The molecule has 28 heavy (non-hydrogen) atoms. The molecule has 2 aromatic carbocycles. The molecule has 0 aliphatic carbocycles. The summed E-state index contributed by atoms with van der Waals surface area (Å²) in [7, 11) is -2.39. The molecule has 0 amide bonds. The van der Waals surface area contributed by atoms with Crippen LogP contribution in [0.2, 0.25) is 0 Å². The third-order valence-corrected chi connectivity index (χ3v) is 7.30. The van der Waals surface area contributed by atoms with Crippen molar-refractivity contribution in [2.24, 2.45) is 0 Å². The first-order chi connectivity index (χ1) is 13.3. The zero-order valence-corrected chi connectivity index (χ0v) is 18.2. The van der Waals surface area contributed by atoms with E-state index in [4.69, 9.17) is 4.74 Å². The smallest absolute Gasteiger partial charge is 0.247 e. The number of aryl methyl sites for hydroxylation is 1. The topological polar surface area (TPSA) is 73.6 Å². The number of nitriles is 1. The number of likely N-dealkylation sites (tertiary alicyclic amines) is 1. The van der Waals surface area contributed by atoms with Crippen molar-refractivity contribution in [3.8, 4) is 11.9 Å². The van der Waals surface area contributed by atoms with Crippen molar-refractivity contribution in [2.45, 2.75) is 30.8 Å². The number of rotatable bonds is 6. The van der Waals surface area contributed by atoms with Crippen LogP contribution in [0.25, 0.3) is 0 Å². The van der Waals surface area contributed by atoms with Gasteiger partial charge in [-0.1, -0.05) is 45.8 Å². The van der Waals surface area contributed by atoms with Crippen LogP contribution in [0.4, 0.5) is 0 Å². The quantitative estimate of drug-likeness (QED) is 0.612. The predicted octanol–water partition coefficient (Wildman–Crippen LogP) is 3.51. The van der Waals surface area contributed by atoms with Gasteiger partial charge in [-0.2, -0.15) is 9.57 Å². The Bertz CT molecular complexity index is 987. The first-order valence-electron chi connectivity index (χ1n) is 8.90. The lowest BCUT2D eigenvalue weighted by atomic mass is 10.1. The molecule has 3 rings (SSSR count). The molecule has 1 atom stereocenters. The van der Waals surface area contributed by atoms with E-state index in [9.17, 15) is 13.7 Å². The second kappa shape index (κ2) is 8.52. The van der Waals surface area contributed by atoms with E-state index in [-0.39, 0.29) is 17.5 Å². The highest BCUT2D eigenvalue weighted by molar-refractivity contribution is 9.10. The number of benzene rings is 2. The summed E-state index contributed by atoms with van der Waals surface area (Å²) in [6, 6.07) is 12.5. The molecular formula is C20H22BrN3O3S. The molecule has 2 aromatic rings. The van der Waals surface area contributed by atoms with Gasteiger partial charge < -0.3 is 9.64 Å². The molecule has 8 heteroatoms. The van der Waals surface area contributed by atoms with Crippen molar-refractivity contribution in [3.63, 3.8) is 0 Å². The van der Waals surface area contributed by atoms with E-state index < -0.39 is 10.0 Å². The zero-order chi connectivity index (χ0) is 20.3. The van der Waals surface area contributed by atoms with Crippen LogP contribution in [0.5, 0.6) is 5.75 Å². The van der Waals surface area contributed by atoms with Crippen LogP contribution in [-0.4, -0.2) is 43.9 Å². The Morgan fingerprint density at radius 3 is 2.61 bits per heavy atom. The van der Waals surface area contributed by atoms with E-state index >= 15 is 0 Å². The van der Waals surface area contributed by atoms with Gasteiger partial charge in [-0.25, -0.2) is 8.42 Å². The summed E-state index contributed by atoms with van der Waals surface area (Å²) in [6.45, 7) is 3.17. The lowest BCUT2D eigenvalue weighted by Crippen LogP contribution is -2.41. The van der Waals surface area contributed by atoms with Gasteiger partial charge in [-0.15, -0.1) is 0 Å². The van der Waals surface area contributed by atoms with Crippen molar-refractivity contribution in [1.82, 2.24) is 9.21 Å². The largest absolute Gasteiger partial charge is 0.495 e. The molecule has 0 spiro atoms. The molecule has 1 heterocycles. The highest BCUT2D eigenvalue weighted by Gasteiger charge is 2.37. The number of nitrogens with zero attached hydrogens (tertiary/aromatic N) is 3. The number of hydrogen-bond donors (Lipinski definition) is 0. The second-order valence-corrected chi connectivity index (χ2v) is 9.59. The first-order valence-corrected chi connectivity index (χ1v) is 11.1. The summed E-state index contributed by atoms with van der Waals surface area (Å²) >= 11 is 3.36. The molecule has 1 aliphatic rings. The maximum absolute atomic E-state index is 13.6. The van der Waals surface area contributed by atoms with Gasteiger partial charge in [0, 0.05) is 30.1 Å². The van der Waals surface area contributed by atoms with Crippen LogP contribution in [0.3, 0.4) is 0 Å². The zero-order valence-electron chi connectivity index (χ0n) is 15.8. The summed E-state index contributed by atoms with van der Waals surface area (Å²) < 4.78 is 34.8. The molecular weight excluding hydrogens is 442 g/mol. The fourth-order valence-electron chi connectivity index (χ4n) is 3.33. The molecule has 0 N–H and O–H groups in total. The molecule has 1 aliphatic heterocycles. The van der Waals surface area contributed by atoms with Crippen LogP contribution in [0.15, 0.2) is 51.8 Å². The Hall–Kier alpha value is -2.08. The van der Waals surface area contributed by atoms with Crippen LogP contribution >= 0.6 is 15.9 Å². The van der Waals surface area contributed by atoms with Crippen LogP contribution in [0.1, 0.15) is 17.5 Å². The Morgan fingerprint density at radius 1 is 1.29 bits per heavy atom. The van der Waals surface area contributed by atoms with Gasteiger partial charge in [0.05, 0.1) is 7.11 Å². The fraction of sp³-hybridized carbons (Fsp3) is 0.350. The van der Waals surface area contributed by atoms with E-state index in [2.05, 4.69) is 22.1 Å². The normalized spacial score (nSPS) is 17.0. The average Bonchev–Trinajstić information content (AvgIpc) is 3.16. The molecule has 0 aromatic heterocycles. The summed E-state index contributed by atoms with van der Waals surface area (Å²) in [6.07, 6.45) is 2.73. The molecule has 1 saturated heterocycles. The number of halogens is 1. The van der Waals surface area contributed by atoms with Gasteiger partial charge in [-0.05, 0) is 37.1 Å². The summed E-state index contributed by atoms with van der Waals surface area (Å²) in [4.78, 5) is 1.72. The third kappa shape index (κ3) is 4.32. The Balaban J connectivity index is 2.03. The van der Waals surface area contributed by atoms with E-state index in [0.29, 0.717) is 29.7 Å². The van der Waals surface area contributed by atoms with Crippen LogP contribution in [0, 0.1) is 18.4 Å². The molecule has 1 fully saturated rings. The molecule has 0 saturated carbocycles. The summed E-state index contributed by atoms with van der Waals surface area (Å²) in [5.74, 6) is 0.298. The minimum Gasteiger partial charge on any atom is -0.495 e. The number of sulfonamides is 1. The van der Waals surface area contributed by atoms with Crippen molar-refractivity contribution in [2.75, 3.05) is 20.2 Å². The average molecular weight is 464 g/mol. The van der Waals surface area contributed by atoms with Gasteiger partial charge in [0.15, 0.2) is 6.19 Å². The Labute approximate surface area is 174 Å². The lowest BCUT2D eigenvalue weighted by molar-refractivity contribution is 0.312. The Kier molecular flexibility index (Phi) is 6.28. The van der Waals surface area contributed by atoms with Crippen LogP contribution in [-0.2, 0) is 16.6 Å². The van der Waals surface area contributed by atoms with Gasteiger partial charge in [-0.3, -0.25) is 0 Å². The highest BCUT2D eigenvalue weighted by Crippen LogP contribution is 2.33. The molecule has 0 radical (unpaired) electrons. The van der Waals surface area contributed by atoms with Crippen molar-refractivity contribution >= 4 is 26.0 Å². The van der Waals surface area contributed by atoms with Crippen molar-refractivity contribution in [1.29, 1.82) is 5.26 Å². The van der Waals surface area contributed by atoms with E-state index in [1.54, 1.807) is 23.1 Å². The third-order valence-electron chi connectivity index (χ3n) is 4.88. The number of methoxy groups -OCH3 is 1. The maximum atomic E-state index is 13.6. The summed E-state index contributed by atoms with van der Waals surface area (Å²) in [5, 5.41) is 9.21. The second-order valence-electron chi connectivity index (χ2n) is 6.82. The maximum Gasteiger partial charge on any atom is 0.247 e. The predicted molar refractivity (Wildman–Crippen MR) is 110 cm³/mol. The molecule has 0 bridgehead atoms. The van der Waals surface area contributed by atoms with E-state index in [0.717, 1.165) is 11.1 Å². The molecule has 148 valence electrons. The number of ether oxygens (including phenoxy) is 1. The molecule has 6 nitrogen and oxygen atoms in total. The van der Waals surface area contributed by atoms with Crippen LogP contribution < -0.4 is 4.74 Å². The molecule has 0 unspecified atom stereocenters. The van der Waals surface area contributed by atoms with E-state index in [1.807, 2.05) is 31.2 Å². The standard InChI is InChI=1S/C20H22BrN3O3S/c1-15-3-5-16(6-4-15)12-24(18-9-10-23(13-18)14-22)28(25,26)20-11-17(21)7-8-19(20)27-2/h3-8,11,18H,9-10,12-13H2,1-2H3/t18-/m1/s1. The van der Waals surface area contributed by atoms with Crippen molar-refractivity contribution < 1.29 is 13.2 Å². The van der Waals surface area contributed by atoms with Gasteiger partial charge in [0.1, 0.15) is 10.6 Å². The number of hydrogen-bond acceptors (Lipinski definition) is 5. The highest BCUT2D eigenvalue weighted by atomic mass is 79.9. The minimum absolute atomic E-state index is 0.117. The summed E-state index contributed by atoms with van der Waals surface area (Å²) in [5.41, 5.74) is 2.02. The van der Waals surface area contributed by atoms with E-state index in [1.165, 1.54) is 11.4 Å².